The Kier molecular flexibility index (Phi) is 4.88. The highest BCUT2D eigenvalue weighted by molar-refractivity contribution is 5.87. The van der Waals surface area contributed by atoms with Crippen molar-refractivity contribution in [1.29, 1.82) is 0 Å². The minimum absolute atomic E-state index is 0.0598. The summed E-state index contributed by atoms with van der Waals surface area (Å²) in [6.45, 7) is -0.358. The molecule has 0 aliphatic carbocycles. The predicted molar refractivity (Wildman–Crippen MR) is 60.4 cm³/mol. The number of nitrogens with zero attached hydrogens (tertiary/aromatic N) is 1. The fourth-order valence-electron chi connectivity index (χ4n) is 1.52. The molecule has 0 saturated heterocycles. The lowest BCUT2D eigenvalue weighted by molar-refractivity contribution is -0.137. The van der Waals surface area contributed by atoms with Crippen LogP contribution in [0, 0.1) is 5.82 Å². The monoisotopic (exact) mass is 279 g/mol. The van der Waals surface area contributed by atoms with Crippen molar-refractivity contribution < 1.29 is 27.5 Å². The quantitative estimate of drug-likeness (QED) is 0.842. The Bertz CT molecular complexity index is 460. The molecule has 7 heteroatoms. The predicted octanol–water partition coefficient (Wildman–Crippen LogP) is 2.91. The van der Waals surface area contributed by atoms with Gasteiger partial charge in [0.25, 0.3) is 0 Å². The SMILES string of the molecule is CN(CCC(F)(F)F)Cc1cc(C(=O)O)ccc1F. The van der Waals surface area contributed by atoms with Gasteiger partial charge in [-0.25, -0.2) is 9.18 Å². The topological polar surface area (TPSA) is 40.5 Å². The smallest absolute Gasteiger partial charge is 0.390 e. The molecule has 0 heterocycles. The van der Waals surface area contributed by atoms with Gasteiger partial charge in [-0.1, -0.05) is 0 Å². The Balaban J connectivity index is 2.70. The summed E-state index contributed by atoms with van der Waals surface area (Å²) in [4.78, 5) is 12.0. The highest BCUT2D eigenvalue weighted by Gasteiger charge is 2.27. The molecule has 0 aromatic heterocycles. The van der Waals surface area contributed by atoms with E-state index in [0.29, 0.717) is 0 Å². The molecular formula is C12H13F4NO2. The molecule has 3 nitrogen and oxygen atoms in total. The van der Waals surface area contributed by atoms with Gasteiger partial charge in [-0.05, 0) is 25.2 Å². The van der Waals surface area contributed by atoms with E-state index in [1.165, 1.54) is 11.9 Å². The summed E-state index contributed by atoms with van der Waals surface area (Å²) in [6, 6.07) is 3.23. The van der Waals surface area contributed by atoms with Crippen molar-refractivity contribution in [3.05, 3.63) is 35.1 Å². The van der Waals surface area contributed by atoms with Gasteiger partial charge in [0.1, 0.15) is 5.82 Å². The lowest BCUT2D eigenvalue weighted by Crippen LogP contribution is -2.24. The molecule has 1 aromatic rings. The number of benzene rings is 1. The van der Waals surface area contributed by atoms with Crippen LogP contribution < -0.4 is 0 Å². The average molecular weight is 279 g/mol. The van der Waals surface area contributed by atoms with E-state index < -0.39 is 24.4 Å². The second-order valence-electron chi connectivity index (χ2n) is 4.21. The molecule has 1 aromatic carbocycles. The standard InChI is InChI=1S/C12H13F4NO2/c1-17(5-4-12(14,15)16)7-9-6-8(11(18)19)2-3-10(9)13/h2-3,6H,4-5,7H2,1H3,(H,18,19). The second kappa shape index (κ2) is 6.01. The van der Waals surface area contributed by atoms with Gasteiger partial charge in [0, 0.05) is 18.7 Å². The van der Waals surface area contributed by atoms with Crippen LogP contribution in [0.2, 0.25) is 0 Å². The van der Waals surface area contributed by atoms with Crippen LogP contribution in [-0.4, -0.2) is 35.7 Å². The largest absolute Gasteiger partial charge is 0.478 e. The second-order valence-corrected chi connectivity index (χ2v) is 4.21. The van der Waals surface area contributed by atoms with Gasteiger partial charge in [0.05, 0.1) is 12.0 Å². The number of alkyl halides is 3. The number of carboxylic acid groups (broad SMARTS) is 1. The summed E-state index contributed by atoms with van der Waals surface area (Å²) in [5.74, 6) is -1.84. The number of carbonyl (C=O) groups is 1. The number of aromatic carboxylic acids is 1. The Labute approximate surface area is 107 Å². The Morgan fingerprint density at radius 1 is 1.37 bits per heavy atom. The average Bonchev–Trinajstić information content (AvgIpc) is 2.28. The first-order valence-corrected chi connectivity index (χ1v) is 5.46. The summed E-state index contributed by atoms with van der Waals surface area (Å²) >= 11 is 0. The third-order valence-electron chi connectivity index (χ3n) is 2.51. The maximum Gasteiger partial charge on any atom is 0.390 e. The summed E-state index contributed by atoms with van der Waals surface area (Å²) < 4.78 is 49.5. The normalized spacial score (nSPS) is 11.9. The van der Waals surface area contributed by atoms with Crippen LogP contribution in [0.3, 0.4) is 0 Å². The fraction of sp³-hybridized carbons (Fsp3) is 0.417. The number of carboxylic acids is 1. The highest BCUT2D eigenvalue weighted by Crippen LogP contribution is 2.20. The molecule has 1 N–H and O–H groups in total. The van der Waals surface area contributed by atoms with Crippen molar-refractivity contribution in [1.82, 2.24) is 4.90 Å². The maximum atomic E-state index is 13.4. The lowest BCUT2D eigenvalue weighted by Gasteiger charge is -2.18. The van der Waals surface area contributed by atoms with Crippen LogP contribution >= 0.6 is 0 Å². The molecule has 0 atom stereocenters. The molecular weight excluding hydrogens is 266 g/mol. The Morgan fingerprint density at radius 2 is 2.00 bits per heavy atom. The molecule has 0 unspecified atom stereocenters. The number of hydrogen-bond donors (Lipinski definition) is 1. The van der Waals surface area contributed by atoms with Crippen molar-refractivity contribution in [2.24, 2.45) is 0 Å². The van der Waals surface area contributed by atoms with E-state index in [4.69, 9.17) is 5.11 Å². The molecule has 0 radical (unpaired) electrons. The van der Waals surface area contributed by atoms with Crippen LogP contribution in [0.1, 0.15) is 22.3 Å². The minimum Gasteiger partial charge on any atom is -0.478 e. The molecule has 0 amide bonds. The van der Waals surface area contributed by atoms with Crippen molar-refractivity contribution in [2.45, 2.75) is 19.1 Å². The summed E-state index contributed by atoms with van der Waals surface area (Å²) in [5, 5.41) is 8.76. The van der Waals surface area contributed by atoms with E-state index in [1.54, 1.807) is 0 Å². The van der Waals surface area contributed by atoms with E-state index in [2.05, 4.69) is 0 Å². The van der Waals surface area contributed by atoms with Gasteiger partial charge >= 0.3 is 12.1 Å². The number of hydrogen-bond acceptors (Lipinski definition) is 2. The minimum atomic E-state index is -4.27. The van der Waals surface area contributed by atoms with E-state index in [-0.39, 0.29) is 24.2 Å². The molecule has 1 rings (SSSR count). The van der Waals surface area contributed by atoms with Gasteiger partial charge < -0.3 is 10.0 Å². The van der Waals surface area contributed by atoms with Gasteiger partial charge in [-0.15, -0.1) is 0 Å². The Hall–Kier alpha value is -1.63. The summed E-state index contributed by atoms with van der Waals surface area (Å²) in [7, 11) is 1.42. The third-order valence-corrected chi connectivity index (χ3v) is 2.51. The number of halogens is 4. The van der Waals surface area contributed by atoms with Crippen LogP contribution in [0.15, 0.2) is 18.2 Å². The number of rotatable bonds is 5. The van der Waals surface area contributed by atoms with Crippen LogP contribution in [0.25, 0.3) is 0 Å². The molecule has 0 spiro atoms. The van der Waals surface area contributed by atoms with Crippen LogP contribution in [-0.2, 0) is 6.54 Å². The van der Waals surface area contributed by atoms with Crippen molar-refractivity contribution in [2.75, 3.05) is 13.6 Å². The molecule has 19 heavy (non-hydrogen) atoms. The van der Waals surface area contributed by atoms with Crippen molar-refractivity contribution in [3.8, 4) is 0 Å². The van der Waals surface area contributed by atoms with E-state index in [0.717, 1.165) is 18.2 Å². The molecule has 0 aliphatic heterocycles. The highest BCUT2D eigenvalue weighted by atomic mass is 19.4. The Morgan fingerprint density at radius 3 is 2.53 bits per heavy atom. The van der Waals surface area contributed by atoms with Crippen LogP contribution in [0.5, 0.6) is 0 Å². The molecule has 0 aliphatic rings. The fourth-order valence-corrected chi connectivity index (χ4v) is 1.52. The lowest BCUT2D eigenvalue weighted by atomic mass is 10.1. The van der Waals surface area contributed by atoms with E-state index >= 15 is 0 Å². The van der Waals surface area contributed by atoms with Crippen molar-refractivity contribution >= 4 is 5.97 Å². The summed E-state index contributed by atoms with van der Waals surface area (Å²) in [5.41, 5.74) is -0.0369. The zero-order valence-corrected chi connectivity index (χ0v) is 10.2. The van der Waals surface area contributed by atoms with E-state index in [9.17, 15) is 22.4 Å². The molecule has 0 fully saturated rings. The first kappa shape index (κ1) is 15.4. The zero-order chi connectivity index (χ0) is 14.6. The van der Waals surface area contributed by atoms with Gasteiger partial charge in [0.2, 0.25) is 0 Å². The molecule has 0 bridgehead atoms. The van der Waals surface area contributed by atoms with Gasteiger partial charge in [-0.3, -0.25) is 0 Å². The van der Waals surface area contributed by atoms with Crippen molar-refractivity contribution in [3.63, 3.8) is 0 Å². The first-order chi connectivity index (χ1) is 8.69. The molecule has 106 valence electrons. The first-order valence-electron chi connectivity index (χ1n) is 5.46. The summed E-state index contributed by atoms with van der Waals surface area (Å²) in [6.07, 6.45) is -5.26. The maximum absolute atomic E-state index is 13.4. The third kappa shape index (κ3) is 5.25. The van der Waals surface area contributed by atoms with Gasteiger partial charge in [-0.2, -0.15) is 13.2 Å². The molecule has 0 saturated carbocycles. The van der Waals surface area contributed by atoms with Gasteiger partial charge in [0.15, 0.2) is 0 Å². The zero-order valence-electron chi connectivity index (χ0n) is 10.2. The van der Waals surface area contributed by atoms with Crippen LogP contribution in [0.4, 0.5) is 17.6 Å². The van der Waals surface area contributed by atoms with E-state index in [1.807, 2.05) is 0 Å².